The smallest absolute Gasteiger partial charge is 0.194 e. The van der Waals surface area contributed by atoms with Gasteiger partial charge < -0.3 is 19.3 Å². The number of aromatic nitrogens is 3. The number of benzene rings is 10. The van der Waals surface area contributed by atoms with Crippen LogP contribution in [0, 0.1) is 29.2 Å². The molecule has 3 heterocycles. The Hall–Kier alpha value is -11.1. The second-order valence-electron chi connectivity index (χ2n) is 18.1. The van der Waals surface area contributed by atoms with E-state index in [1.807, 2.05) is 212 Å². The molecule has 2 aliphatic rings. The lowest BCUT2D eigenvalue weighted by Gasteiger charge is -2.34. The zero-order valence-corrected chi connectivity index (χ0v) is 40.3. The molecule has 1 aromatic heterocycles. The summed E-state index contributed by atoms with van der Waals surface area (Å²) < 4.78 is 13.1. The number of fused-ring (bicyclic) bond motifs is 4. The van der Waals surface area contributed by atoms with Crippen LogP contribution in [0.2, 0.25) is 0 Å². The predicted molar refractivity (Wildman–Crippen MR) is 298 cm³/mol. The van der Waals surface area contributed by atoms with Crippen molar-refractivity contribution in [2.45, 2.75) is 0 Å². The molecule has 2 aliphatic heterocycles. The van der Waals surface area contributed by atoms with E-state index >= 15 is 0 Å². The van der Waals surface area contributed by atoms with Crippen LogP contribution in [0.1, 0.15) is 11.1 Å². The highest BCUT2D eigenvalue weighted by Gasteiger charge is 2.32. The standard InChI is InChI=1S/C66H38N8O2/c1-69-53-23-5-4-22-50(53)46-33-35-52(59(39-46)74-56-26-8-12-30-62(56)76-63-31-13-9-27-57(63)74)66-71-64(47-20-15-19-44(37-47)43-18-14-16-42(36-43)40-67)70-65(72-66)51-34-32-45(49-21-3-2-17-48(49)41-68)38-58(51)73-54-24-6-10-28-60(54)75-61-29-11-7-25-55(61)73/h2-39H. The molecule has 76 heavy (non-hydrogen) atoms. The first-order valence-corrected chi connectivity index (χ1v) is 24.5. The normalized spacial score (nSPS) is 11.8. The molecule has 0 saturated heterocycles. The van der Waals surface area contributed by atoms with E-state index in [1.54, 1.807) is 6.07 Å². The van der Waals surface area contributed by atoms with Crippen LogP contribution >= 0.6 is 0 Å². The fourth-order valence-corrected chi connectivity index (χ4v) is 10.1. The Kier molecular flexibility index (Phi) is 11.1. The minimum absolute atomic E-state index is 0.379. The van der Waals surface area contributed by atoms with Crippen LogP contribution in [0.4, 0.5) is 39.8 Å². The fourth-order valence-electron chi connectivity index (χ4n) is 10.1. The number of para-hydroxylation sites is 9. The molecule has 0 bridgehead atoms. The number of nitrogens with zero attached hydrogens (tertiary/aromatic N) is 8. The van der Waals surface area contributed by atoms with Gasteiger partial charge in [0.05, 0.1) is 64.0 Å². The van der Waals surface area contributed by atoms with E-state index in [9.17, 15) is 10.5 Å². The average Bonchev–Trinajstić information content (AvgIpc) is 3.55. The lowest BCUT2D eigenvalue weighted by Crippen LogP contribution is -2.17. The van der Waals surface area contributed by atoms with E-state index in [0.29, 0.717) is 68.4 Å². The zero-order valence-electron chi connectivity index (χ0n) is 40.3. The molecular weight excluding hydrogens is 937 g/mol. The van der Waals surface area contributed by atoms with E-state index in [2.05, 4.69) is 38.9 Å². The molecule has 0 unspecified atom stereocenters. The van der Waals surface area contributed by atoms with E-state index < -0.39 is 0 Å². The third-order valence-corrected chi connectivity index (χ3v) is 13.6. The number of hydrogen-bond acceptors (Lipinski definition) is 9. The van der Waals surface area contributed by atoms with Gasteiger partial charge in [0.1, 0.15) is 0 Å². The van der Waals surface area contributed by atoms with Gasteiger partial charge in [0, 0.05) is 16.7 Å². The van der Waals surface area contributed by atoms with Gasteiger partial charge in [0.15, 0.2) is 46.2 Å². The molecule has 10 nitrogen and oxygen atoms in total. The van der Waals surface area contributed by atoms with E-state index in [1.165, 1.54) is 0 Å². The van der Waals surface area contributed by atoms with Gasteiger partial charge in [-0.25, -0.2) is 19.8 Å². The molecule has 10 aromatic carbocycles. The van der Waals surface area contributed by atoms with Crippen molar-refractivity contribution < 1.29 is 9.47 Å². The SMILES string of the molecule is [C-]#[N+]c1ccccc1-c1ccc(-c2nc(-c3cccc(-c4cccc(C#N)c4)c3)nc(-c3ccc(-c4ccccc4C#N)cc3N3c4ccccc4Oc4ccccc43)n2)c(N2c3ccccc3Oc3ccccc32)c1. The van der Waals surface area contributed by atoms with Crippen LogP contribution in [0.5, 0.6) is 23.0 Å². The van der Waals surface area contributed by atoms with Crippen molar-refractivity contribution in [2.24, 2.45) is 0 Å². The van der Waals surface area contributed by atoms with Crippen molar-refractivity contribution in [3.63, 3.8) is 0 Å². The summed E-state index contributed by atoms with van der Waals surface area (Å²) in [6.07, 6.45) is 0. The Labute approximate surface area is 438 Å². The monoisotopic (exact) mass is 974 g/mol. The van der Waals surface area contributed by atoms with E-state index in [0.717, 1.165) is 73.1 Å². The summed E-state index contributed by atoms with van der Waals surface area (Å²) in [5.41, 5.74) is 13.3. The van der Waals surface area contributed by atoms with Gasteiger partial charge in [-0.2, -0.15) is 10.5 Å². The topological polar surface area (TPSA) is 116 Å². The lowest BCUT2D eigenvalue weighted by molar-refractivity contribution is 0.477. The van der Waals surface area contributed by atoms with Crippen LogP contribution < -0.4 is 19.3 Å². The number of anilines is 6. The Morgan fingerprint density at radius 3 is 1.34 bits per heavy atom. The van der Waals surface area contributed by atoms with Crippen LogP contribution in [-0.4, -0.2) is 15.0 Å². The van der Waals surface area contributed by atoms with Crippen molar-refractivity contribution >= 4 is 39.8 Å². The molecule has 0 amide bonds. The van der Waals surface area contributed by atoms with Crippen molar-refractivity contribution in [3.8, 4) is 103 Å². The third-order valence-electron chi connectivity index (χ3n) is 13.6. The summed E-state index contributed by atoms with van der Waals surface area (Å²) >= 11 is 0. The molecule has 0 aliphatic carbocycles. The molecule has 0 N–H and O–H groups in total. The van der Waals surface area contributed by atoms with Gasteiger partial charge in [0.25, 0.3) is 0 Å². The Balaban J connectivity index is 1.11. The highest BCUT2D eigenvalue weighted by Crippen LogP contribution is 2.55. The molecule has 0 atom stereocenters. The largest absolute Gasteiger partial charge is 0.453 e. The maximum atomic E-state index is 10.4. The first-order chi connectivity index (χ1) is 37.5. The van der Waals surface area contributed by atoms with Crippen molar-refractivity contribution in [2.75, 3.05) is 9.80 Å². The maximum Gasteiger partial charge on any atom is 0.194 e. The second-order valence-corrected chi connectivity index (χ2v) is 18.1. The molecule has 11 aromatic rings. The highest BCUT2D eigenvalue weighted by molar-refractivity contribution is 5.97. The van der Waals surface area contributed by atoms with Gasteiger partial charge >= 0.3 is 0 Å². The molecule has 0 fully saturated rings. The van der Waals surface area contributed by atoms with Gasteiger partial charge in [0.2, 0.25) is 0 Å². The van der Waals surface area contributed by atoms with Crippen molar-refractivity contribution in [1.82, 2.24) is 15.0 Å². The highest BCUT2D eigenvalue weighted by atomic mass is 16.5. The Morgan fingerprint density at radius 2 is 0.803 bits per heavy atom. The number of rotatable bonds is 8. The van der Waals surface area contributed by atoms with Gasteiger partial charge in [-0.15, -0.1) is 0 Å². The Morgan fingerprint density at radius 1 is 0.355 bits per heavy atom. The quantitative estimate of drug-likeness (QED) is 0.137. The first kappa shape index (κ1) is 44.8. The second kappa shape index (κ2) is 18.8. The number of ether oxygens (including phenoxy) is 2. The minimum atomic E-state index is 0.379. The van der Waals surface area contributed by atoms with Crippen LogP contribution in [0.3, 0.4) is 0 Å². The number of nitriles is 2. The molecular formula is C66H38N8O2. The van der Waals surface area contributed by atoms with E-state index in [-0.39, 0.29) is 0 Å². The number of hydrogen-bond donors (Lipinski definition) is 0. The third kappa shape index (κ3) is 7.87. The first-order valence-electron chi connectivity index (χ1n) is 24.5. The summed E-state index contributed by atoms with van der Waals surface area (Å²) in [7, 11) is 0. The van der Waals surface area contributed by atoms with Crippen LogP contribution in [-0.2, 0) is 0 Å². The Bertz CT molecular complexity index is 3970. The summed E-state index contributed by atoms with van der Waals surface area (Å²) in [5, 5.41) is 20.2. The van der Waals surface area contributed by atoms with Gasteiger partial charge in [-0.1, -0.05) is 133 Å². The van der Waals surface area contributed by atoms with Crippen molar-refractivity contribution in [3.05, 3.63) is 253 Å². The molecule has 0 spiro atoms. The van der Waals surface area contributed by atoms with Crippen molar-refractivity contribution in [1.29, 1.82) is 10.5 Å². The molecule has 10 heteroatoms. The summed E-state index contributed by atoms with van der Waals surface area (Å²) in [6, 6.07) is 79.4. The average molecular weight is 975 g/mol. The molecule has 0 saturated carbocycles. The zero-order chi connectivity index (χ0) is 51.1. The van der Waals surface area contributed by atoms with Crippen LogP contribution in [0.15, 0.2) is 231 Å². The predicted octanol–water partition coefficient (Wildman–Crippen LogP) is 17.3. The van der Waals surface area contributed by atoms with Gasteiger partial charge in [-0.3, -0.25) is 0 Å². The molecule has 354 valence electrons. The summed E-state index contributed by atoms with van der Waals surface area (Å²) in [4.78, 5) is 24.6. The lowest BCUT2D eigenvalue weighted by atomic mass is 9.96. The summed E-state index contributed by atoms with van der Waals surface area (Å²) in [5.74, 6) is 3.84. The van der Waals surface area contributed by atoms with Gasteiger partial charge in [-0.05, 0) is 130 Å². The van der Waals surface area contributed by atoms with E-state index in [4.69, 9.17) is 31.0 Å². The molecule has 0 radical (unpaired) electrons. The van der Waals surface area contributed by atoms with Crippen LogP contribution in [0.25, 0.3) is 72.4 Å². The minimum Gasteiger partial charge on any atom is -0.453 e. The fraction of sp³-hybridized carbons (Fsp3) is 0. The molecule has 13 rings (SSSR count). The summed E-state index contributed by atoms with van der Waals surface area (Å²) in [6.45, 7) is 8.14. The maximum absolute atomic E-state index is 10.4.